The minimum atomic E-state index is -4.41. The van der Waals surface area contributed by atoms with Crippen LogP contribution in [0, 0.1) is 0 Å². The number of amidine groups is 1. The Kier molecular flexibility index (Phi) is 3.91. The first-order valence-corrected chi connectivity index (χ1v) is 6.29. The third-order valence-electron chi connectivity index (χ3n) is 2.09. The molecule has 0 saturated carbocycles. The summed E-state index contributed by atoms with van der Waals surface area (Å²) in [5.41, 5.74) is -0.612. The Labute approximate surface area is 110 Å². The lowest BCUT2D eigenvalue weighted by atomic mass is 10.2. The molecule has 0 N–H and O–H groups in total. The average Bonchev–Trinajstić information content (AvgIpc) is 2.79. The lowest BCUT2D eigenvalue weighted by Crippen LogP contribution is -2.04. The predicted octanol–water partition coefficient (Wildman–Crippen LogP) is 4.55. The number of benzene rings is 1. The van der Waals surface area contributed by atoms with Gasteiger partial charge in [-0.05, 0) is 18.2 Å². The normalized spacial score (nSPS) is 16.3. The van der Waals surface area contributed by atoms with Gasteiger partial charge in [-0.25, -0.2) is 0 Å². The molecule has 1 heterocycles. The van der Waals surface area contributed by atoms with Gasteiger partial charge in [-0.1, -0.05) is 23.4 Å². The van der Waals surface area contributed by atoms with E-state index in [4.69, 9.17) is 11.6 Å². The van der Waals surface area contributed by atoms with E-state index in [0.29, 0.717) is 11.7 Å². The Bertz CT molecular complexity index is 514. The van der Waals surface area contributed by atoms with E-state index in [9.17, 15) is 13.2 Å². The van der Waals surface area contributed by atoms with Gasteiger partial charge in [0, 0.05) is 5.75 Å². The molecule has 0 saturated heterocycles. The Balaban J connectivity index is 2.20. The lowest BCUT2D eigenvalue weighted by molar-refractivity contribution is -0.137. The number of azo groups is 1. The molecular formula is C10H7ClF3N3S. The zero-order valence-electron chi connectivity index (χ0n) is 8.91. The average molecular weight is 294 g/mol. The third-order valence-corrected chi connectivity index (χ3v) is 3.25. The summed E-state index contributed by atoms with van der Waals surface area (Å²) in [5, 5.41) is 8.04. The smallest absolute Gasteiger partial charge is 0.258 e. The van der Waals surface area contributed by atoms with Crippen LogP contribution in [0.25, 0.3) is 0 Å². The van der Waals surface area contributed by atoms with Crippen molar-refractivity contribution in [3.8, 4) is 0 Å². The molecule has 1 aliphatic rings. The van der Waals surface area contributed by atoms with Crippen LogP contribution in [-0.4, -0.2) is 17.5 Å². The van der Waals surface area contributed by atoms with E-state index >= 15 is 0 Å². The van der Waals surface area contributed by atoms with E-state index in [1.165, 1.54) is 17.8 Å². The number of thioether (sulfide) groups is 1. The van der Waals surface area contributed by atoms with Gasteiger partial charge in [0.05, 0.1) is 17.1 Å². The number of alkyl halides is 3. The van der Waals surface area contributed by atoms with Gasteiger partial charge >= 0.3 is 6.18 Å². The van der Waals surface area contributed by atoms with Crippen molar-refractivity contribution < 1.29 is 13.2 Å². The van der Waals surface area contributed by atoms with E-state index in [-0.39, 0.29) is 10.7 Å². The molecule has 1 aromatic rings. The van der Waals surface area contributed by atoms with Gasteiger partial charge in [-0.15, -0.1) is 10.2 Å². The van der Waals surface area contributed by atoms with Crippen molar-refractivity contribution in [1.82, 2.24) is 0 Å². The standard InChI is InChI=1S/C10H7ClF3N3S/c11-7-5-6(10(12,13)14)1-2-8(7)16-17-9-15-3-4-18-9/h1-2,5H,3-4H2/b17-16+. The second kappa shape index (κ2) is 5.27. The van der Waals surface area contributed by atoms with Crippen molar-refractivity contribution in [2.45, 2.75) is 6.18 Å². The van der Waals surface area contributed by atoms with E-state index in [0.717, 1.165) is 17.9 Å². The molecule has 8 heteroatoms. The molecule has 3 nitrogen and oxygen atoms in total. The molecular weight excluding hydrogens is 287 g/mol. The maximum atomic E-state index is 12.4. The molecule has 0 fully saturated rings. The Hall–Kier alpha value is -1.08. The summed E-state index contributed by atoms with van der Waals surface area (Å²) >= 11 is 7.16. The zero-order valence-corrected chi connectivity index (χ0v) is 10.5. The van der Waals surface area contributed by atoms with Crippen LogP contribution < -0.4 is 0 Å². The van der Waals surface area contributed by atoms with Crippen LogP contribution in [-0.2, 0) is 6.18 Å². The number of hydrogen-bond donors (Lipinski definition) is 0. The fourth-order valence-corrected chi connectivity index (χ4v) is 2.11. The Morgan fingerprint density at radius 2 is 2.06 bits per heavy atom. The highest BCUT2D eigenvalue weighted by Gasteiger charge is 2.30. The summed E-state index contributed by atoms with van der Waals surface area (Å²) in [6.45, 7) is 0.680. The fourth-order valence-electron chi connectivity index (χ4n) is 1.25. The minimum Gasteiger partial charge on any atom is -0.258 e. The molecule has 0 spiro atoms. The van der Waals surface area contributed by atoms with Crippen molar-refractivity contribution in [3.63, 3.8) is 0 Å². The molecule has 0 amide bonds. The van der Waals surface area contributed by atoms with Crippen molar-refractivity contribution >= 4 is 34.2 Å². The van der Waals surface area contributed by atoms with Crippen LogP contribution in [0.5, 0.6) is 0 Å². The van der Waals surface area contributed by atoms with Crippen LogP contribution in [0.2, 0.25) is 5.02 Å². The first-order valence-electron chi connectivity index (χ1n) is 4.92. The maximum absolute atomic E-state index is 12.4. The van der Waals surface area contributed by atoms with Gasteiger partial charge in [0.1, 0.15) is 5.69 Å². The number of aliphatic imine (C=N–C) groups is 1. The van der Waals surface area contributed by atoms with Crippen LogP contribution in [0.1, 0.15) is 5.56 Å². The van der Waals surface area contributed by atoms with E-state index in [2.05, 4.69) is 15.2 Å². The summed E-state index contributed by atoms with van der Waals surface area (Å²) in [6, 6.07) is 2.94. The number of nitrogens with zero attached hydrogens (tertiary/aromatic N) is 3. The minimum absolute atomic E-state index is 0.0860. The highest BCUT2D eigenvalue weighted by atomic mass is 35.5. The maximum Gasteiger partial charge on any atom is 0.416 e. The highest BCUT2D eigenvalue weighted by molar-refractivity contribution is 8.14. The number of rotatable bonds is 1. The quantitative estimate of drug-likeness (QED) is 0.700. The summed E-state index contributed by atoms with van der Waals surface area (Å²) < 4.78 is 37.2. The monoisotopic (exact) mass is 293 g/mol. The van der Waals surface area contributed by atoms with E-state index in [1.54, 1.807) is 0 Å². The summed E-state index contributed by atoms with van der Waals surface area (Å²) in [6.07, 6.45) is -4.41. The predicted molar refractivity (Wildman–Crippen MR) is 65.7 cm³/mol. The summed E-state index contributed by atoms with van der Waals surface area (Å²) in [4.78, 5) is 4.03. The second-order valence-corrected chi connectivity index (χ2v) is 4.85. The molecule has 0 unspecified atom stereocenters. The van der Waals surface area contributed by atoms with Crippen LogP contribution in [0.15, 0.2) is 33.4 Å². The molecule has 2 rings (SSSR count). The molecule has 1 aliphatic heterocycles. The molecule has 0 atom stereocenters. The van der Waals surface area contributed by atoms with Gasteiger partial charge in [0.25, 0.3) is 0 Å². The van der Waals surface area contributed by atoms with Crippen LogP contribution in [0.4, 0.5) is 18.9 Å². The fraction of sp³-hybridized carbons (Fsp3) is 0.300. The molecule has 0 radical (unpaired) electrons. The van der Waals surface area contributed by atoms with Gasteiger partial charge < -0.3 is 0 Å². The first kappa shape index (κ1) is 13.4. The molecule has 96 valence electrons. The van der Waals surface area contributed by atoms with Gasteiger partial charge in [-0.3, -0.25) is 4.99 Å². The molecule has 1 aromatic carbocycles. The van der Waals surface area contributed by atoms with Crippen molar-refractivity contribution in [3.05, 3.63) is 28.8 Å². The summed E-state index contributed by atoms with van der Waals surface area (Å²) in [5.74, 6) is 0.842. The largest absolute Gasteiger partial charge is 0.416 e. The zero-order chi connectivity index (χ0) is 13.2. The van der Waals surface area contributed by atoms with E-state index in [1.807, 2.05) is 0 Å². The second-order valence-electron chi connectivity index (χ2n) is 3.38. The van der Waals surface area contributed by atoms with Crippen molar-refractivity contribution in [2.75, 3.05) is 12.3 Å². The van der Waals surface area contributed by atoms with E-state index < -0.39 is 11.7 Å². The topological polar surface area (TPSA) is 37.1 Å². The summed E-state index contributed by atoms with van der Waals surface area (Å²) in [7, 11) is 0. The molecule has 0 aliphatic carbocycles. The van der Waals surface area contributed by atoms with Crippen molar-refractivity contribution in [1.29, 1.82) is 0 Å². The lowest BCUT2D eigenvalue weighted by Gasteiger charge is -2.07. The SMILES string of the molecule is FC(F)(F)c1ccc(/N=N/C2=NCCS2)c(Cl)c1. The molecule has 0 bridgehead atoms. The Morgan fingerprint density at radius 1 is 1.28 bits per heavy atom. The molecule has 18 heavy (non-hydrogen) atoms. The number of halogens is 4. The van der Waals surface area contributed by atoms with Gasteiger partial charge in [0.15, 0.2) is 0 Å². The van der Waals surface area contributed by atoms with Gasteiger partial charge in [-0.2, -0.15) is 13.2 Å². The first-order chi connectivity index (χ1) is 8.47. The third kappa shape index (κ3) is 3.23. The van der Waals surface area contributed by atoms with Crippen molar-refractivity contribution in [2.24, 2.45) is 15.2 Å². The Morgan fingerprint density at radius 3 is 2.61 bits per heavy atom. The van der Waals surface area contributed by atoms with Crippen LogP contribution in [0.3, 0.4) is 0 Å². The van der Waals surface area contributed by atoms with Crippen LogP contribution >= 0.6 is 23.4 Å². The highest BCUT2D eigenvalue weighted by Crippen LogP contribution is 2.35. The molecule has 0 aromatic heterocycles. The van der Waals surface area contributed by atoms with Gasteiger partial charge in [0.2, 0.25) is 5.17 Å². The number of hydrogen-bond acceptors (Lipinski definition) is 4.